The Balaban J connectivity index is 0.928. The monoisotopic (exact) mass is 651 g/mol. The number of nitrogens with zero attached hydrogens (tertiary/aromatic N) is 7. The molecule has 4 saturated heterocycles. The number of morpholine rings is 1. The van der Waals surface area contributed by atoms with Gasteiger partial charge in [0.25, 0.3) is 5.91 Å². The molecule has 5 fully saturated rings. The Morgan fingerprint density at radius 2 is 1.21 bits per heavy atom. The van der Waals surface area contributed by atoms with Gasteiger partial charge in [-0.1, -0.05) is 0 Å². The lowest BCUT2D eigenvalue weighted by Crippen LogP contribution is -2.49. The number of benzene rings is 2. The molecule has 2 unspecified atom stereocenters. The highest BCUT2D eigenvalue weighted by Gasteiger charge is 2.40. The molecule has 2 N–H and O–H groups in total. The number of rotatable bonds is 7. The summed E-state index contributed by atoms with van der Waals surface area (Å²) >= 11 is 0. The predicted molar refractivity (Wildman–Crippen MR) is 186 cm³/mol. The van der Waals surface area contributed by atoms with Gasteiger partial charge >= 0.3 is 6.03 Å². The number of ether oxygens (including phenoxy) is 1. The third-order valence-electron chi connectivity index (χ3n) is 10.7. The number of anilines is 4. The Labute approximate surface area is 281 Å². The molecule has 3 aromatic rings. The van der Waals surface area contributed by atoms with Crippen LogP contribution in [-0.4, -0.2) is 106 Å². The van der Waals surface area contributed by atoms with Gasteiger partial charge in [0.05, 0.1) is 25.3 Å². The van der Waals surface area contributed by atoms with Gasteiger partial charge in [-0.3, -0.25) is 9.69 Å². The number of carbonyl (C=O) groups is 2. The first-order chi connectivity index (χ1) is 23.4. The first-order valence-corrected chi connectivity index (χ1v) is 17.6. The van der Waals surface area contributed by atoms with Crippen molar-refractivity contribution in [3.05, 3.63) is 54.1 Å². The van der Waals surface area contributed by atoms with Crippen molar-refractivity contribution in [1.82, 2.24) is 24.8 Å². The van der Waals surface area contributed by atoms with Crippen LogP contribution in [0.1, 0.15) is 62.7 Å². The molecule has 3 amide bonds. The molecule has 2 aromatic carbocycles. The molecule has 48 heavy (non-hydrogen) atoms. The van der Waals surface area contributed by atoms with E-state index in [1.165, 1.54) is 12.8 Å². The topological polar surface area (TPSA) is 119 Å². The van der Waals surface area contributed by atoms with Crippen LogP contribution in [0.2, 0.25) is 0 Å². The molecule has 1 aliphatic carbocycles. The second kappa shape index (κ2) is 13.0. The van der Waals surface area contributed by atoms with Crippen LogP contribution in [0.25, 0.3) is 11.4 Å². The zero-order valence-corrected chi connectivity index (χ0v) is 27.8. The maximum Gasteiger partial charge on any atom is 0.323 e. The fraction of sp³-hybridized carbons (Fsp3) is 0.528. The molecule has 4 atom stereocenters. The Kier molecular flexibility index (Phi) is 8.37. The fourth-order valence-corrected chi connectivity index (χ4v) is 7.86. The Bertz CT molecular complexity index is 1610. The SMILES string of the molecule is C[C@@H]1CC[C@H](C)N1c1nc(-c2ccc(NC(=O)Nc3ccc(C(=O)N4CCN(C5CC5)CC4)cc3)cc2)nc(N2C3CCC2COC3)n1. The number of urea groups is 1. The molecular weight excluding hydrogens is 606 g/mol. The summed E-state index contributed by atoms with van der Waals surface area (Å²) in [5.41, 5.74) is 2.76. The van der Waals surface area contributed by atoms with Crippen molar-refractivity contribution in [3.63, 3.8) is 0 Å². The molecular formula is C36H45N9O3. The molecule has 2 bridgehead atoms. The molecule has 12 heteroatoms. The van der Waals surface area contributed by atoms with Gasteiger partial charge in [0, 0.05) is 66.8 Å². The van der Waals surface area contributed by atoms with Gasteiger partial charge in [0.15, 0.2) is 5.82 Å². The van der Waals surface area contributed by atoms with Crippen LogP contribution in [0.5, 0.6) is 0 Å². The van der Waals surface area contributed by atoms with Crippen molar-refractivity contribution in [3.8, 4) is 11.4 Å². The number of amides is 3. The summed E-state index contributed by atoms with van der Waals surface area (Å²) in [5, 5.41) is 5.79. The highest BCUT2D eigenvalue weighted by molar-refractivity contribution is 6.00. The third-order valence-corrected chi connectivity index (χ3v) is 10.7. The molecule has 5 aliphatic rings. The molecule has 1 saturated carbocycles. The van der Waals surface area contributed by atoms with Crippen molar-refractivity contribution in [2.75, 3.05) is 59.8 Å². The smallest absolute Gasteiger partial charge is 0.323 e. The van der Waals surface area contributed by atoms with Crippen molar-refractivity contribution in [1.29, 1.82) is 0 Å². The number of hydrogen-bond donors (Lipinski definition) is 2. The number of carbonyl (C=O) groups excluding carboxylic acids is 2. The van der Waals surface area contributed by atoms with Crippen LogP contribution >= 0.6 is 0 Å². The fourth-order valence-electron chi connectivity index (χ4n) is 7.86. The van der Waals surface area contributed by atoms with E-state index >= 15 is 0 Å². The second-order valence-corrected chi connectivity index (χ2v) is 14.1. The highest BCUT2D eigenvalue weighted by atomic mass is 16.5. The minimum Gasteiger partial charge on any atom is -0.377 e. The average molecular weight is 652 g/mol. The first kappa shape index (κ1) is 31.0. The number of piperazine rings is 1. The standard InChI is InChI=1S/C36H45N9O3/c1-23-3-4-24(2)44(23)34-39-32(40-35(41-34)45-30-15-16-31(45)22-48-21-30)25-5-9-27(10-6-25)37-36(47)38-28-11-7-26(8-12-28)33(46)43-19-17-42(18-20-43)29-13-14-29/h5-12,23-24,29-31H,3-4,13-22H2,1-2H3,(H2,37,38,47)/t23-,24+,30?,31?. The quantitative estimate of drug-likeness (QED) is 0.370. The predicted octanol–water partition coefficient (Wildman–Crippen LogP) is 4.85. The van der Waals surface area contributed by atoms with Crippen LogP contribution in [0, 0.1) is 0 Å². The summed E-state index contributed by atoms with van der Waals surface area (Å²) in [6.07, 6.45) is 6.97. The van der Waals surface area contributed by atoms with Gasteiger partial charge in [0.2, 0.25) is 11.9 Å². The van der Waals surface area contributed by atoms with Crippen LogP contribution < -0.4 is 20.4 Å². The normalized spacial score (nSPS) is 25.8. The van der Waals surface area contributed by atoms with Gasteiger partial charge < -0.3 is 30.1 Å². The van der Waals surface area contributed by atoms with Gasteiger partial charge in [-0.2, -0.15) is 15.0 Å². The van der Waals surface area contributed by atoms with Crippen LogP contribution in [0.3, 0.4) is 0 Å². The molecule has 252 valence electrons. The van der Waals surface area contributed by atoms with E-state index in [1.807, 2.05) is 29.2 Å². The summed E-state index contributed by atoms with van der Waals surface area (Å²) < 4.78 is 5.84. The Morgan fingerprint density at radius 3 is 1.79 bits per heavy atom. The van der Waals surface area contributed by atoms with E-state index in [9.17, 15) is 9.59 Å². The lowest BCUT2D eigenvalue weighted by molar-refractivity contribution is 0.0627. The summed E-state index contributed by atoms with van der Waals surface area (Å²) in [6, 6.07) is 16.4. The van der Waals surface area contributed by atoms with E-state index in [0.717, 1.165) is 75.4 Å². The summed E-state index contributed by atoms with van der Waals surface area (Å²) in [7, 11) is 0. The Morgan fingerprint density at radius 1 is 0.667 bits per heavy atom. The van der Waals surface area contributed by atoms with Crippen LogP contribution in [-0.2, 0) is 4.74 Å². The summed E-state index contributed by atoms with van der Waals surface area (Å²) in [6.45, 7) is 9.29. The molecule has 0 radical (unpaired) electrons. The number of hydrogen-bond acceptors (Lipinski definition) is 9. The molecule has 12 nitrogen and oxygen atoms in total. The minimum atomic E-state index is -0.359. The zero-order valence-electron chi connectivity index (χ0n) is 27.8. The number of nitrogens with one attached hydrogen (secondary N) is 2. The molecule has 8 rings (SSSR count). The average Bonchev–Trinajstić information content (AvgIpc) is 3.86. The van der Waals surface area contributed by atoms with Gasteiger partial charge in [0.1, 0.15) is 0 Å². The van der Waals surface area contributed by atoms with Crippen LogP contribution in [0.4, 0.5) is 28.1 Å². The summed E-state index contributed by atoms with van der Waals surface area (Å²) in [5.74, 6) is 2.12. The molecule has 4 aliphatic heterocycles. The maximum atomic E-state index is 13.0. The molecule has 1 aromatic heterocycles. The second-order valence-electron chi connectivity index (χ2n) is 14.1. The minimum absolute atomic E-state index is 0.0423. The van der Waals surface area contributed by atoms with Crippen LogP contribution in [0.15, 0.2) is 48.5 Å². The summed E-state index contributed by atoms with van der Waals surface area (Å²) in [4.78, 5) is 50.0. The van der Waals surface area contributed by atoms with E-state index in [0.29, 0.717) is 48.1 Å². The van der Waals surface area contributed by atoms with Crippen molar-refractivity contribution >= 4 is 35.2 Å². The number of aromatic nitrogens is 3. The van der Waals surface area contributed by atoms with E-state index in [-0.39, 0.29) is 24.0 Å². The van der Waals surface area contributed by atoms with E-state index in [4.69, 9.17) is 19.7 Å². The van der Waals surface area contributed by atoms with Crippen molar-refractivity contribution in [2.45, 2.75) is 82.6 Å². The molecule has 0 spiro atoms. The van der Waals surface area contributed by atoms with E-state index in [2.05, 4.69) is 39.2 Å². The lowest BCUT2D eigenvalue weighted by atomic mass is 10.1. The van der Waals surface area contributed by atoms with E-state index in [1.54, 1.807) is 24.3 Å². The molecule has 5 heterocycles. The van der Waals surface area contributed by atoms with Gasteiger partial charge in [-0.15, -0.1) is 0 Å². The first-order valence-electron chi connectivity index (χ1n) is 17.6. The lowest BCUT2D eigenvalue weighted by Gasteiger charge is -2.35. The van der Waals surface area contributed by atoms with Gasteiger partial charge in [-0.25, -0.2) is 4.79 Å². The van der Waals surface area contributed by atoms with Crippen molar-refractivity contribution < 1.29 is 14.3 Å². The largest absolute Gasteiger partial charge is 0.377 e. The third kappa shape index (κ3) is 6.30. The van der Waals surface area contributed by atoms with Gasteiger partial charge in [-0.05, 0) is 101 Å². The van der Waals surface area contributed by atoms with Crippen molar-refractivity contribution in [2.24, 2.45) is 0 Å². The number of fused-ring (bicyclic) bond motifs is 2. The Hall–Kier alpha value is -4.29. The maximum absolute atomic E-state index is 13.0. The van der Waals surface area contributed by atoms with E-state index < -0.39 is 0 Å². The zero-order chi connectivity index (χ0) is 32.8. The highest BCUT2D eigenvalue weighted by Crippen LogP contribution is 2.36.